The lowest BCUT2D eigenvalue weighted by Gasteiger charge is -2.32. The first-order valence-electron chi connectivity index (χ1n) is 9.80. The van der Waals surface area contributed by atoms with Gasteiger partial charge in [-0.1, -0.05) is 31.9 Å². The molecule has 5 nitrogen and oxygen atoms in total. The van der Waals surface area contributed by atoms with Crippen molar-refractivity contribution in [2.75, 3.05) is 26.2 Å². The van der Waals surface area contributed by atoms with E-state index in [0.29, 0.717) is 23.4 Å². The maximum Gasteiger partial charge on any atom is 0.261 e. The number of rotatable bonds is 5. The molecule has 1 saturated heterocycles. The summed E-state index contributed by atoms with van der Waals surface area (Å²) < 4.78 is 15.7. The molecule has 7 heteroatoms. The lowest BCUT2D eigenvalue weighted by atomic mass is 10.1. The Kier molecular flexibility index (Phi) is 6.50. The number of hydrogen-bond acceptors (Lipinski definition) is 4. The smallest absolute Gasteiger partial charge is 0.261 e. The minimum absolute atomic E-state index is 0.0353. The Bertz CT molecular complexity index is 869. The molecule has 1 aromatic heterocycles. The SMILES string of the molecule is CCC[C@@H](c1nc2cc(F)c(Cl)cc2c(=O)n1CC)N1CCNC[C@@H](C)C1. The van der Waals surface area contributed by atoms with E-state index in [0.717, 1.165) is 44.8 Å². The average Bonchev–Trinajstić information content (AvgIpc) is 2.85. The lowest BCUT2D eigenvalue weighted by molar-refractivity contribution is 0.169. The van der Waals surface area contributed by atoms with Crippen LogP contribution in [0.3, 0.4) is 0 Å². The third-order valence-corrected chi connectivity index (χ3v) is 5.55. The highest BCUT2D eigenvalue weighted by atomic mass is 35.5. The second-order valence-electron chi connectivity index (χ2n) is 7.41. The van der Waals surface area contributed by atoms with Gasteiger partial charge >= 0.3 is 0 Å². The molecule has 27 heavy (non-hydrogen) atoms. The van der Waals surface area contributed by atoms with E-state index in [1.54, 1.807) is 4.57 Å². The highest BCUT2D eigenvalue weighted by molar-refractivity contribution is 6.31. The Balaban J connectivity index is 2.16. The van der Waals surface area contributed by atoms with Crippen molar-refractivity contribution in [3.63, 3.8) is 0 Å². The first-order chi connectivity index (χ1) is 13.0. The highest BCUT2D eigenvalue weighted by Gasteiger charge is 2.27. The van der Waals surface area contributed by atoms with Gasteiger partial charge in [0.15, 0.2) is 0 Å². The van der Waals surface area contributed by atoms with Crippen molar-refractivity contribution in [3.05, 3.63) is 39.2 Å². The van der Waals surface area contributed by atoms with Crippen molar-refractivity contribution >= 4 is 22.5 Å². The molecule has 1 aromatic carbocycles. The number of nitrogens with one attached hydrogen (secondary N) is 1. The van der Waals surface area contributed by atoms with Crippen LogP contribution in [0.5, 0.6) is 0 Å². The molecule has 0 aliphatic carbocycles. The maximum atomic E-state index is 14.0. The van der Waals surface area contributed by atoms with Crippen molar-refractivity contribution in [2.45, 2.75) is 46.2 Å². The molecule has 1 aliphatic heterocycles. The molecule has 2 aromatic rings. The zero-order valence-corrected chi connectivity index (χ0v) is 17.0. The maximum absolute atomic E-state index is 14.0. The molecule has 3 rings (SSSR count). The van der Waals surface area contributed by atoms with Crippen LogP contribution in [-0.2, 0) is 6.54 Å². The van der Waals surface area contributed by atoms with E-state index in [-0.39, 0.29) is 16.6 Å². The van der Waals surface area contributed by atoms with Gasteiger partial charge in [-0.3, -0.25) is 14.3 Å². The Labute approximate surface area is 164 Å². The summed E-state index contributed by atoms with van der Waals surface area (Å²) in [4.78, 5) is 20.3. The normalized spacial score (nSPS) is 20.0. The summed E-state index contributed by atoms with van der Waals surface area (Å²) in [5, 5.41) is 3.79. The first kappa shape index (κ1) is 20.2. The monoisotopic (exact) mass is 394 g/mol. The summed E-state index contributed by atoms with van der Waals surface area (Å²) in [6.07, 6.45) is 1.89. The van der Waals surface area contributed by atoms with Gasteiger partial charge < -0.3 is 5.32 Å². The molecule has 0 amide bonds. The van der Waals surface area contributed by atoms with E-state index in [2.05, 4.69) is 24.1 Å². The van der Waals surface area contributed by atoms with Gasteiger partial charge in [-0.25, -0.2) is 9.37 Å². The molecule has 0 radical (unpaired) electrons. The van der Waals surface area contributed by atoms with E-state index >= 15 is 0 Å². The molecule has 0 bridgehead atoms. The highest BCUT2D eigenvalue weighted by Crippen LogP contribution is 2.28. The average molecular weight is 395 g/mol. The fourth-order valence-electron chi connectivity index (χ4n) is 3.95. The summed E-state index contributed by atoms with van der Waals surface area (Å²) in [5.74, 6) is 0.703. The van der Waals surface area contributed by atoms with Crippen LogP contribution in [0, 0.1) is 11.7 Å². The van der Waals surface area contributed by atoms with Crippen LogP contribution in [-0.4, -0.2) is 40.6 Å². The van der Waals surface area contributed by atoms with Crippen LogP contribution in [0.15, 0.2) is 16.9 Å². The van der Waals surface area contributed by atoms with Gasteiger partial charge in [-0.15, -0.1) is 0 Å². The third kappa shape index (κ3) is 4.18. The number of hydrogen-bond donors (Lipinski definition) is 1. The molecule has 1 fully saturated rings. The molecule has 2 atom stereocenters. The zero-order valence-electron chi connectivity index (χ0n) is 16.3. The molecule has 1 aliphatic rings. The largest absolute Gasteiger partial charge is 0.315 e. The van der Waals surface area contributed by atoms with Crippen molar-refractivity contribution in [2.24, 2.45) is 5.92 Å². The van der Waals surface area contributed by atoms with E-state index in [9.17, 15) is 9.18 Å². The summed E-state index contributed by atoms with van der Waals surface area (Å²) in [6, 6.07) is 2.70. The Hall–Kier alpha value is -1.50. The minimum atomic E-state index is -0.545. The molecule has 0 spiro atoms. The number of halogens is 2. The molecule has 0 unspecified atom stereocenters. The molecule has 0 saturated carbocycles. The van der Waals surface area contributed by atoms with E-state index in [1.807, 2.05) is 6.92 Å². The Morgan fingerprint density at radius 1 is 1.41 bits per heavy atom. The number of nitrogens with zero attached hydrogens (tertiary/aromatic N) is 3. The quantitative estimate of drug-likeness (QED) is 0.841. The summed E-state index contributed by atoms with van der Waals surface area (Å²) in [5.41, 5.74) is 0.227. The van der Waals surface area contributed by atoms with Gasteiger partial charge in [0.2, 0.25) is 0 Å². The van der Waals surface area contributed by atoms with Crippen molar-refractivity contribution in [1.29, 1.82) is 0 Å². The fraction of sp³-hybridized carbons (Fsp3) is 0.600. The van der Waals surface area contributed by atoms with Crippen LogP contribution < -0.4 is 10.9 Å². The van der Waals surface area contributed by atoms with Gasteiger partial charge in [0.25, 0.3) is 5.56 Å². The standard InChI is InChI=1S/C20H28ClFN4O/c1-4-6-18(25-8-7-23-11-13(3)12-25)19-24-17-10-16(22)15(21)9-14(17)20(27)26(19)5-2/h9-10,13,18,23H,4-8,11-12H2,1-3H3/t13-,18+/m1/s1. The van der Waals surface area contributed by atoms with Crippen molar-refractivity contribution in [3.8, 4) is 0 Å². The first-order valence-corrected chi connectivity index (χ1v) is 10.2. The van der Waals surface area contributed by atoms with Crippen LogP contribution >= 0.6 is 11.6 Å². The van der Waals surface area contributed by atoms with Crippen LogP contribution in [0.1, 0.15) is 45.5 Å². The second kappa shape index (κ2) is 8.67. The van der Waals surface area contributed by atoms with Gasteiger partial charge in [0, 0.05) is 32.2 Å². The van der Waals surface area contributed by atoms with Crippen molar-refractivity contribution in [1.82, 2.24) is 19.8 Å². The molecule has 148 valence electrons. The molecule has 2 heterocycles. The van der Waals surface area contributed by atoms with Gasteiger partial charge in [0.1, 0.15) is 11.6 Å². The fourth-order valence-corrected chi connectivity index (χ4v) is 4.12. The Morgan fingerprint density at radius 2 is 2.19 bits per heavy atom. The number of aromatic nitrogens is 2. The van der Waals surface area contributed by atoms with Gasteiger partial charge in [0.05, 0.1) is 22.0 Å². The van der Waals surface area contributed by atoms with E-state index in [4.69, 9.17) is 16.6 Å². The Morgan fingerprint density at radius 3 is 2.89 bits per heavy atom. The van der Waals surface area contributed by atoms with Crippen LogP contribution in [0.2, 0.25) is 5.02 Å². The zero-order chi connectivity index (χ0) is 19.6. The van der Waals surface area contributed by atoms with Crippen LogP contribution in [0.4, 0.5) is 4.39 Å². The third-order valence-electron chi connectivity index (χ3n) is 5.26. The number of benzene rings is 1. The summed E-state index contributed by atoms with van der Waals surface area (Å²) in [6.45, 7) is 10.6. The molecular formula is C20H28ClFN4O. The van der Waals surface area contributed by atoms with Gasteiger partial charge in [-0.05, 0) is 31.9 Å². The molecule has 1 N–H and O–H groups in total. The minimum Gasteiger partial charge on any atom is -0.315 e. The van der Waals surface area contributed by atoms with Gasteiger partial charge in [-0.2, -0.15) is 0 Å². The molecular weight excluding hydrogens is 367 g/mol. The van der Waals surface area contributed by atoms with Crippen molar-refractivity contribution < 1.29 is 4.39 Å². The lowest BCUT2D eigenvalue weighted by Crippen LogP contribution is -2.38. The van der Waals surface area contributed by atoms with E-state index < -0.39 is 5.82 Å². The number of fused-ring (bicyclic) bond motifs is 1. The van der Waals surface area contributed by atoms with Crippen LogP contribution in [0.25, 0.3) is 10.9 Å². The predicted molar refractivity (Wildman–Crippen MR) is 108 cm³/mol. The topological polar surface area (TPSA) is 50.2 Å². The second-order valence-corrected chi connectivity index (χ2v) is 7.82. The summed E-state index contributed by atoms with van der Waals surface area (Å²) >= 11 is 5.90. The van der Waals surface area contributed by atoms with E-state index in [1.165, 1.54) is 12.1 Å². The predicted octanol–water partition coefficient (Wildman–Crippen LogP) is 3.59. The summed E-state index contributed by atoms with van der Waals surface area (Å²) in [7, 11) is 0.